The quantitative estimate of drug-likeness (QED) is 0.745. The normalized spacial score (nSPS) is 18.2. The van der Waals surface area contributed by atoms with Crippen LogP contribution in [0.5, 0.6) is 0 Å². The highest BCUT2D eigenvalue weighted by Gasteiger charge is 2.43. The first kappa shape index (κ1) is 16.6. The van der Waals surface area contributed by atoms with Crippen LogP contribution in [0.1, 0.15) is 24.0 Å². The molecule has 1 fully saturated rings. The number of hydrogen-bond donors (Lipinski definition) is 0. The first-order valence-corrected chi connectivity index (χ1v) is 10.3. The SMILES string of the molecule is CS(=O)(=O)c1ccc(C2=CC3(C=C2c2ccc(F)c(Cl)c2)CC3)cc1. The van der Waals surface area contributed by atoms with Crippen molar-refractivity contribution in [3.8, 4) is 0 Å². The van der Waals surface area contributed by atoms with Gasteiger partial charge in [-0.15, -0.1) is 0 Å². The van der Waals surface area contributed by atoms with Crippen molar-refractivity contribution in [3.05, 3.63) is 76.6 Å². The second-order valence-electron chi connectivity index (χ2n) is 6.77. The fraction of sp³-hybridized carbons (Fsp3) is 0.200. The molecule has 25 heavy (non-hydrogen) atoms. The van der Waals surface area contributed by atoms with Crippen LogP contribution in [-0.2, 0) is 9.84 Å². The molecule has 1 spiro atoms. The lowest BCUT2D eigenvalue weighted by atomic mass is 9.95. The van der Waals surface area contributed by atoms with Crippen molar-refractivity contribution < 1.29 is 12.8 Å². The lowest BCUT2D eigenvalue weighted by Crippen LogP contribution is -1.97. The van der Waals surface area contributed by atoms with Crippen LogP contribution in [-0.4, -0.2) is 14.7 Å². The molecule has 0 aliphatic heterocycles. The van der Waals surface area contributed by atoms with Gasteiger partial charge >= 0.3 is 0 Å². The number of hydrogen-bond acceptors (Lipinski definition) is 2. The Hall–Kier alpha value is -1.91. The van der Waals surface area contributed by atoms with E-state index in [-0.39, 0.29) is 10.4 Å². The Morgan fingerprint density at radius 1 is 0.960 bits per heavy atom. The number of sulfone groups is 1. The summed E-state index contributed by atoms with van der Waals surface area (Å²) in [7, 11) is -3.22. The molecular weight excluding hydrogens is 359 g/mol. The van der Waals surface area contributed by atoms with Gasteiger partial charge in [-0.3, -0.25) is 0 Å². The predicted molar refractivity (Wildman–Crippen MR) is 98.6 cm³/mol. The highest BCUT2D eigenvalue weighted by Crippen LogP contribution is 2.57. The maximum absolute atomic E-state index is 13.5. The Morgan fingerprint density at radius 2 is 1.52 bits per heavy atom. The van der Waals surface area contributed by atoms with Crippen LogP contribution in [0.2, 0.25) is 5.02 Å². The van der Waals surface area contributed by atoms with Gasteiger partial charge in [0.1, 0.15) is 5.82 Å². The average molecular weight is 375 g/mol. The van der Waals surface area contributed by atoms with Crippen LogP contribution in [0.4, 0.5) is 4.39 Å². The van der Waals surface area contributed by atoms with E-state index in [0.717, 1.165) is 35.1 Å². The Balaban J connectivity index is 1.78. The monoisotopic (exact) mass is 374 g/mol. The van der Waals surface area contributed by atoms with E-state index >= 15 is 0 Å². The Labute approximate surface area is 151 Å². The van der Waals surface area contributed by atoms with Gasteiger partial charge in [-0.05, 0) is 59.4 Å². The molecule has 0 bridgehead atoms. The molecule has 2 aliphatic rings. The minimum Gasteiger partial charge on any atom is -0.224 e. The smallest absolute Gasteiger partial charge is 0.175 e. The van der Waals surface area contributed by atoms with Crippen molar-refractivity contribution >= 4 is 32.6 Å². The maximum Gasteiger partial charge on any atom is 0.175 e. The molecule has 1 saturated carbocycles. The van der Waals surface area contributed by atoms with Gasteiger partial charge in [0, 0.05) is 11.7 Å². The summed E-state index contributed by atoms with van der Waals surface area (Å²) in [6, 6.07) is 11.6. The van der Waals surface area contributed by atoms with Crippen LogP contribution in [0, 0.1) is 11.2 Å². The molecule has 0 heterocycles. The molecule has 4 rings (SSSR count). The molecule has 0 N–H and O–H groups in total. The van der Waals surface area contributed by atoms with Crippen molar-refractivity contribution in [2.24, 2.45) is 5.41 Å². The van der Waals surface area contributed by atoms with Gasteiger partial charge in [-0.25, -0.2) is 12.8 Å². The van der Waals surface area contributed by atoms with E-state index in [9.17, 15) is 12.8 Å². The molecule has 0 amide bonds. The van der Waals surface area contributed by atoms with Crippen LogP contribution in [0.25, 0.3) is 11.1 Å². The third kappa shape index (κ3) is 3.05. The summed E-state index contributed by atoms with van der Waals surface area (Å²) < 4.78 is 36.8. The largest absolute Gasteiger partial charge is 0.224 e. The van der Waals surface area contributed by atoms with Crippen molar-refractivity contribution in [3.63, 3.8) is 0 Å². The van der Waals surface area contributed by atoms with Gasteiger partial charge in [-0.1, -0.05) is 42.0 Å². The molecule has 0 atom stereocenters. The maximum atomic E-state index is 13.5. The zero-order chi connectivity index (χ0) is 17.8. The standard InChI is InChI=1S/C20H16ClFO2S/c1-25(23,24)15-5-2-13(3-6-15)16-11-20(8-9-20)12-17(16)14-4-7-19(22)18(21)10-14/h2-7,10-12H,8-9H2,1H3. The molecule has 5 heteroatoms. The summed E-state index contributed by atoms with van der Waals surface area (Å²) in [5.41, 5.74) is 3.96. The minimum atomic E-state index is -3.22. The molecular formula is C20H16ClFO2S. The van der Waals surface area contributed by atoms with Crippen LogP contribution in [0.15, 0.2) is 59.5 Å². The van der Waals surface area contributed by atoms with Crippen molar-refractivity contribution in [1.29, 1.82) is 0 Å². The van der Waals surface area contributed by atoms with Crippen molar-refractivity contribution in [2.45, 2.75) is 17.7 Å². The minimum absolute atomic E-state index is 0.0844. The first-order chi connectivity index (χ1) is 11.8. The van der Waals surface area contributed by atoms with Gasteiger partial charge in [0.15, 0.2) is 9.84 Å². The Morgan fingerprint density at radius 3 is 2.04 bits per heavy atom. The van der Waals surface area contributed by atoms with E-state index in [1.165, 1.54) is 12.3 Å². The summed E-state index contributed by atoms with van der Waals surface area (Å²) in [5.74, 6) is -0.437. The molecule has 2 aromatic carbocycles. The summed E-state index contributed by atoms with van der Waals surface area (Å²) in [4.78, 5) is 0.298. The van der Waals surface area contributed by atoms with Crippen LogP contribution < -0.4 is 0 Å². The summed E-state index contributed by atoms with van der Waals surface area (Å²) >= 11 is 5.96. The van der Waals surface area contributed by atoms with Crippen molar-refractivity contribution in [2.75, 3.05) is 6.26 Å². The second-order valence-corrected chi connectivity index (χ2v) is 9.20. The highest BCUT2D eigenvalue weighted by atomic mass is 35.5. The second kappa shape index (κ2) is 5.55. The van der Waals surface area contributed by atoms with E-state index in [2.05, 4.69) is 12.2 Å². The molecule has 0 radical (unpaired) electrons. The Bertz CT molecular complexity index is 1030. The molecule has 2 aromatic rings. The summed E-state index contributed by atoms with van der Waals surface area (Å²) in [5, 5.41) is 0.0990. The van der Waals surface area contributed by atoms with Gasteiger partial charge in [0.25, 0.3) is 0 Å². The molecule has 0 aromatic heterocycles. The topological polar surface area (TPSA) is 34.1 Å². The van der Waals surface area contributed by atoms with Gasteiger partial charge in [0.05, 0.1) is 9.92 Å². The molecule has 0 unspecified atom stereocenters. The fourth-order valence-corrected chi connectivity index (χ4v) is 4.04. The summed E-state index contributed by atoms with van der Waals surface area (Å²) in [6.45, 7) is 0. The number of benzene rings is 2. The molecule has 2 aliphatic carbocycles. The highest BCUT2D eigenvalue weighted by molar-refractivity contribution is 7.90. The van der Waals surface area contributed by atoms with E-state index in [0.29, 0.717) is 4.90 Å². The zero-order valence-electron chi connectivity index (χ0n) is 13.6. The Kier molecular flexibility index (Phi) is 3.67. The molecule has 128 valence electrons. The fourth-order valence-electron chi connectivity index (χ4n) is 3.23. The zero-order valence-corrected chi connectivity index (χ0v) is 15.2. The lowest BCUT2D eigenvalue weighted by Gasteiger charge is -2.11. The van der Waals surface area contributed by atoms with E-state index < -0.39 is 15.7 Å². The number of allylic oxidation sites excluding steroid dienone is 4. The van der Waals surface area contributed by atoms with Crippen molar-refractivity contribution in [1.82, 2.24) is 0 Å². The van der Waals surface area contributed by atoms with Crippen LogP contribution in [0.3, 0.4) is 0 Å². The summed E-state index contributed by atoms with van der Waals surface area (Å²) in [6.07, 6.45) is 7.83. The van der Waals surface area contributed by atoms with E-state index in [1.54, 1.807) is 24.3 Å². The molecule has 2 nitrogen and oxygen atoms in total. The lowest BCUT2D eigenvalue weighted by molar-refractivity contribution is 0.602. The van der Waals surface area contributed by atoms with Gasteiger partial charge < -0.3 is 0 Å². The third-order valence-electron chi connectivity index (χ3n) is 4.81. The average Bonchev–Trinajstić information content (AvgIpc) is 3.20. The third-order valence-corrected chi connectivity index (χ3v) is 6.22. The van der Waals surface area contributed by atoms with E-state index in [1.807, 2.05) is 12.1 Å². The van der Waals surface area contributed by atoms with Gasteiger partial charge in [-0.2, -0.15) is 0 Å². The van der Waals surface area contributed by atoms with E-state index in [4.69, 9.17) is 11.6 Å². The number of rotatable bonds is 3. The van der Waals surface area contributed by atoms with Gasteiger partial charge in [0.2, 0.25) is 0 Å². The predicted octanol–water partition coefficient (Wildman–Crippen LogP) is 5.14. The molecule has 0 saturated heterocycles. The first-order valence-electron chi connectivity index (χ1n) is 7.99. The van der Waals surface area contributed by atoms with Crippen LogP contribution >= 0.6 is 11.6 Å². The number of halogens is 2.